The maximum atomic E-state index is 8.72. The van der Waals surface area contributed by atoms with E-state index < -0.39 is 0 Å². The van der Waals surface area contributed by atoms with Gasteiger partial charge in [-0.25, -0.2) is 0 Å². The highest BCUT2D eigenvalue weighted by Gasteiger charge is 2.06. The van der Waals surface area contributed by atoms with Crippen LogP contribution in [0.2, 0.25) is 0 Å². The predicted octanol–water partition coefficient (Wildman–Crippen LogP) is 3.43. The van der Waals surface area contributed by atoms with E-state index in [4.69, 9.17) is 5.26 Å². The normalized spacial score (nSPS) is 11.9. The first-order chi connectivity index (χ1) is 7.67. The molecule has 0 radical (unpaired) electrons. The van der Waals surface area contributed by atoms with Gasteiger partial charge in [0.25, 0.3) is 0 Å². The Kier molecular flexibility index (Phi) is 4.85. The summed E-state index contributed by atoms with van der Waals surface area (Å²) in [5.41, 5.74) is 1.90. The molecule has 86 valence electrons. The summed E-state index contributed by atoms with van der Waals surface area (Å²) in [7, 11) is 2.10. The molecule has 0 saturated heterocycles. The molecule has 1 unspecified atom stereocenters. The summed E-state index contributed by atoms with van der Waals surface area (Å²) in [6.07, 6.45) is 2.50. The molecule has 1 aromatic rings. The maximum Gasteiger partial charge on any atom is 0.0991 e. The molecule has 0 spiro atoms. The fourth-order valence-electron chi connectivity index (χ4n) is 1.95. The smallest absolute Gasteiger partial charge is 0.0991 e. The summed E-state index contributed by atoms with van der Waals surface area (Å²) in [6, 6.07) is 9.90. The van der Waals surface area contributed by atoms with Crippen LogP contribution in [0.15, 0.2) is 24.3 Å². The topological polar surface area (TPSA) is 27.0 Å². The molecule has 0 aliphatic rings. The number of hydrogen-bond acceptors (Lipinski definition) is 2. The molecule has 0 N–H and O–H groups in total. The third kappa shape index (κ3) is 3.58. The van der Waals surface area contributed by atoms with Crippen molar-refractivity contribution in [1.29, 1.82) is 5.26 Å². The molecule has 2 nitrogen and oxygen atoms in total. The molecule has 0 fully saturated rings. The van der Waals surface area contributed by atoms with Gasteiger partial charge in [0, 0.05) is 19.3 Å². The van der Waals surface area contributed by atoms with Crippen LogP contribution in [-0.4, -0.2) is 13.6 Å². The van der Waals surface area contributed by atoms with E-state index in [1.165, 1.54) is 18.5 Å². The van der Waals surface area contributed by atoms with Crippen molar-refractivity contribution < 1.29 is 0 Å². The Hall–Kier alpha value is -1.49. The first-order valence-corrected chi connectivity index (χ1v) is 5.88. The van der Waals surface area contributed by atoms with Crippen LogP contribution in [0.3, 0.4) is 0 Å². The van der Waals surface area contributed by atoms with Crippen LogP contribution in [0.25, 0.3) is 0 Å². The van der Waals surface area contributed by atoms with Gasteiger partial charge in [0.2, 0.25) is 0 Å². The van der Waals surface area contributed by atoms with E-state index in [9.17, 15) is 0 Å². The van der Waals surface area contributed by atoms with E-state index >= 15 is 0 Å². The van der Waals surface area contributed by atoms with Gasteiger partial charge in [-0.05, 0) is 36.6 Å². The number of anilines is 1. The van der Waals surface area contributed by atoms with Crippen LogP contribution in [0, 0.1) is 17.2 Å². The van der Waals surface area contributed by atoms with E-state index in [1.54, 1.807) is 0 Å². The van der Waals surface area contributed by atoms with E-state index in [0.29, 0.717) is 5.92 Å². The molecule has 0 aliphatic carbocycles. The van der Waals surface area contributed by atoms with E-state index in [0.717, 1.165) is 12.1 Å². The fraction of sp³-hybridized carbons (Fsp3) is 0.500. The summed E-state index contributed by atoms with van der Waals surface area (Å²) in [4.78, 5) is 2.25. The monoisotopic (exact) mass is 216 g/mol. The predicted molar refractivity (Wildman–Crippen MR) is 68.5 cm³/mol. The van der Waals surface area contributed by atoms with Crippen LogP contribution in [0.5, 0.6) is 0 Å². The van der Waals surface area contributed by atoms with Gasteiger partial charge in [-0.1, -0.05) is 20.3 Å². The van der Waals surface area contributed by atoms with Crippen LogP contribution >= 0.6 is 0 Å². The van der Waals surface area contributed by atoms with E-state index in [1.807, 2.05) is 24.3 Å². The lowest BCUT2D eigenvalue weighted by molar-refractivity contribution is 0.524. The standard InChI is InChI=1S/C14H20N2/c1-4-5-12(2)11-16(3)14-8-6-13(10-15)7-9-14/h6-9,12H,4-5,11H2,1-3H3. The third-order valence-corrected chi connectivity index (χ3v) is 2.80. The molecule has 1 atom stereocenters. The largest absolute Gasteiger partial charge is 0.374 e. The van der Waals surface area contributed by atoms with Crippen LogP contribution in [0.1, 0.15) is 32.3 Å². The lowest BCUT2D eigenvalue weighted by Gasteiger charge is -2.23. The second-order valence-electron chi connectivity index (χ2n) is 4.43. The molecule has 16 heavy (non-hydrogen) atoms. The van der Waals surface area contributed by atoms with Crippen LogP contribution in [-0.2, 0) is 0 Å². The van der Waals surface area contributed by atoms with Gasteiger partial charge in [0.05, 0.1) is 11.6 Å². The number of nitriles is 1. The minimum absolute atomic E-state index is 0.714. The molecule has 0 bridgehead atoms. The summed E-state index contributed by atoms with van der Waals surface area (Å²) < 4.78 is 0. The Balaban J connectivity index is 2.59. The highest BCUT2D eigenvalue weighted by Crippen LogP contribution is 2.16. The third-order valence-electron chi connectivity index (χ3n) is 2.80. The average molecular weight is 216 g/mol. The zero-order chi connectivity index (χ0) is 12.0. The molecule has 2 heteroatoms. The number of hydrogen-bond donors (Lipinski definition) is 0. The number of nitrogens with zero attached hydrogens (tertiary/aromatic N) is 2. The van der Waals surface area contributed by atoms with Crippen molar-refractivity contribution >= 4 is 5.69 Å². The summed E-state index contributed by atoms with van der Waals surface area (Å²) >= 11 is 0. The summed E-state index contributed by atoms with van der Waals surface area (Å²) in [5.74, 6) is 0.714. The number of rotatable bonds is 5. The lowest BCUT2D eigenvalue weighted by Crippen LogP contribution is -2.23. The zero-order valence-corrected chi connectivity index (χ0v) is 10.4. The van der Waals surface area contributed by atoms with Crippen molar-refractivity contribution in [3.05, 3.63) is 29.8 Å². The average Bonchev–Trinajstić information content (AvgIpc) is 2.29. The first-order valence-electron chi connectivity index (χ1n) is 5.88. The highest BCUT2D eigenvalue weighted by atomic mass is 15.1. The molecule has 0 aliphatic heterocycles. The minimum atomic E-state index is 0.714. The lowest BCUT2D eigenvalue weighted by atomic mass is 10.1. The van der Waals surface area contributed by atoms with Crippen molar-refractivity contribution in [3.63, 3.8) is 0 Å². The first kappa shape index (κ1) is 12.6. The second kappa shape index (κ2) is 6.17. The molecule has 0 aromatic heterocycles. The Labute approximate surface area is 98.5 Å². The van der Waals surface area contributed by atoms with Crippen molar-refractivity contribution in [3.8, 4) is 6.07 Å². The molecule has 1 rings (SSSR count). The molecule has 0 heterocycles. The minimum Gasteiger partial charge on any atom is -0.374 e. The SMILES string of the molecule is CCCC(C)CN(C)c1ccc(C#N)cc1. The molecular weight excluding hydrogens is 196 g/mol. The zero-order valence-electron chi connectivity index (χ0n) is 10.4. The Bertz CT molecular complexity index is 348. The van der Waals surface area contributed by atoms with Gasteiger partial charge in [0.1, 0.15) is 0 Å². The summed E-state index contributed by atoms with van der Waals surface area (Å²) in [6.45, 7) is 5.57. The van der Waals surface area contributed by atoms with Crippen molar-refractivity contribution in [1.82, 2.24) is 0 Å². The Morgan fingerprint density at radius 1 is 1.31 bits per heavy atom. The van der Waals surface area contributed by atoms with Gasteiger partial charge in [-0.3, -0.25) is 0 Å². The van der Waals surface area contributed by atoms with Gasteiger partial charge >= 0.3 is 0 Å². The van der Waals surface area contributed by atoms with Crippen LogP contribution in [0.4, 0.5) is 5.69 Å². The highest BCUT2D eigenvalue weighted by molar-refractivity contribution is 5.48. The second-order valence-corrected chi connectivity index (χ2v) is 4.43. The van der Waals surface area contributed by atoms with Crippen LogP contribution < -0.4 is 4.90 Å². The molecule has 0 saturated carbocycles. The quantitative estimate of drug-likeness (QED) is 0.754. The van der Waals surface area contributed by atoms with Gasteiger partial charge in [-0.2, -0.15) is 5.26 Å². The van der Waals surface area contributed by atoms with Crippen molar-refractivity contribution in [2.45, 2.75) is 26.7 Å². The van der Waals surface area contributed by atoms with Gasteiger partial charge in [-0.15, -0.1) is 0 Å². The summed E-state index contributed by atoms with van der Waals surface area (Å²) in [5, 5.41) is 8.72. The van der Waals surface area contributed by atoms with Crippen molar-refractivity contribution in [2.24, 2.45) is 5.92 Å². The molecule has 0 amide bonds. The van der Waals surface area contributed by atoms with E-state index in [2.05, 4.69) is 31.9 Å². The Morgan fingerprint density at radius 3 is 2.44 bits per heavy atom. The Morgan fingerprint density at radius 2 is 1.94 bits per heavy atom. The molecule has 1 aromatic carbocycles. The van der Waals surface area contributed by atoms with Crippen molar-refractivity contribution in [2.75, 3.05) is 18.5 Å². The van der Waals surface area contributed by atoms with E-state index in [-0.39, 0.29) is 0 Å². The van der Waals surface area contributed by atoms with Gasteiger partial charge in [0.15, 0.2) is 0 Å². The molecular formula is C14H20N2. The van der Waals surface area contributed by atoms with Gasteiger partial charge < -0.3 is 4.90 Å². The maximum absolute atomic E-state index is 8.72. The number of benzene rings is 1. The fourth-order valence-corrected chi connectivity index (χ4v) is 1.95.